The van der Waals surface area contributed by atoms with Gasteiger partial charge in [0.1, 0.15) is 22.8 Å². The summed E-state index contributed by atoms with van der Waals surface area (Å²) in [6, 6.07) is 7.67. The number of Topliss-reactive ketones (excluding diaryl/α,β-unsaturated/α-hetero) is 2. The van der Waals surface area contributed by atoms with Gasteiger partial charge >= 0.3 is 0 Å². The number of allylic oxidation sites excluding steroid dienone is 2. The van der Waals surface area contributed by atoms with Crippen LogP contribution < -0.4 is 4.74 Å². The van der Waals surface area contributed by atoms with Crippen LogP contribution in [-0.2, 0) is 6.42 Å². The van der Waals surface area contributed by atoms with Gasteiger partial charge in [-0.3, -0.25) is 9.59 Å². The fraction of sp³-hybridized carbons (Fsp3) is 0.280. The number of phenolic OH excluding ortho intramolecular Hbond substituents is 2. The quantitative estimate of drug-likeness (QED) is 0.389. The molecule has 1 aliphatic heterocycles. The third-order valence-electron chi connectivity index (χ3n) is 4.92. The molecule has 1 aliphatic rings. The molecule has 5 nitrogen and oxygen atoms in total. The molecule has 0 spiro atoms. The fourth-order valence-electron chi connectivity index (χ4n) is 3.22. The van der Waals surface area contributed by atoms with Crippen molar-refractivity contribution < 1.29 is 24.5 Å². The molecule has 0 aromatic heterocycles. The van der Waals surface area contributed by atoms with Crippen molar-refractivity contribution in [3.05, 3.63) is 70.3 Å². The third kappa shape index (κ3) is 4.79. The lowest BCUT2D eigenvalue weighted by molar-refractivity contribution is 0.0893. The monoisotopic (exact) mass is 406 g/mol. The van der Waals surface area contributed by atoms with Crippen molar-refractivity contribution in [1.29, 1.82) is 0 Å². The maximum atomic E-state index is 12.7. The Kier molecular flexibility index (Phi) is 5.83. The Balaban J connectivity index is 1.80. The van der Waals surface area contributed by atoms with Crippen molar-refractivity contribution in [2.75, 3.05) is 0 Å². The van der Waals surface area contributed by atoms with Gasteiger partial charge in [-0.25, -0.2) is 0 Å². The lowest BCUT2D eigenvalue weighted by atomic mass is 9.95. The highest BCUT2D eigenvalue weighted by atomic mass is 16.5. The van der Waals surface area contributed by atoms with E-state index < -0.39 is 11.4 Å². The number of hydrogen-bond acceptors (Lipinski definition) is 5. The van der Waals surface area contributed by atoms with E-state index in [1.54, 1.807) is 18.2 Å². The second-order valence-corrected chi connectivity index (χ2v) is 8.30. The zero-order valence-electron chi connectivity index (χ0n) is 17.7. The fourth-order valence-corrected chi connectivity index (χ4v) is 3.22. The van der Waals surface area contributed by atoms with Gasteiger partial charge in [-0.15, -0.1) is 0 Å². The third-order valence-corrected chi connectivity index (χ3v) is 4.92. The van der Waals surface area contributed by atoms with Crippen molar-refractivity contribution in [2.45, 2.75) is 46.1 Å². The molecule has 0 radical (unpaired) electrons. The molecule has 0 atom stereocenters. The minimum Gasteiger partial charge on any atom is -0.508 e. The average molecular weight is 406 g/mol. The molecule has 2 aromatic rings. The van der Waals surface area contributed by atoms with Crippen LogP contribution in [0.1, 0.15) is 66.0 Å². The van der Waals surface area contributed by atoms with Gasteiger partial charge in [0.05, 0.1) is 12.0 Å². The Morgan fingerprint density at radius 1 is 1.03 bits per heavy atom. The lowest BCUT2D eigenvalue weighted by Gasteiger charge is -2.27. The average Bonchev–Trinajstić information content (AvgIpc) is 2.65. The molecule has 0 aliphatic carbocycles. The van der Waals surface area contributed by atoms with E-state index >= 15 is 0 Å². The zero-order chi connectivity index (χ0) is 22.1. The van der Waals surface area contributed by atoms with Crippen LogP contribution in [0.25, 0.3) is 6.08 Å². The largest absolute Gasteiger partial charge is 0.508 e. The Labute approximate surface area is 176 Å². The van der Waals surface area contributed by atoms with E-state index in [9.17, 15) is 19.8 Å². The highest BCUT2D eigenvalue weighted by Gasteiger charge is 2.23. The number of carbonyl (C=O) groups excluding carboxylic acids is 2. The van der Waals surface area contributed by atoms with Gasteiger partial charge in [0.2, 0.25) is 0 Å². The summed E-state index contributed by atoms with van der Waals surface area (Å²) in [5, 5.41) is 20.2. The summed E-state index contributed by atoms with van der Waals surface area (Å²) in [7, 11) is 0. The molecule has 5 heteroatoms. The predicted octanol–water partition coefficient (Wildman–Crippen LogP) is 5.25. The molecule has 156 valence electrons. The first-order valence-electron chi connectivity index (χ1n) is 9.82. The number of benzene rings is 2. The second-order valence-electron chi connectivity index (χ2n) is 8.30. The molecule has 0 saturated carbocycles. The van der Waals surface area contributed by atoms with E-state index in [1.807, 2.05) is 45.9 Å². The number of hydrogen-bond donors (Lipinski definition) is 2. The summed E-state index contributed by atoms with van der Waals surface area (Å²) in [6.45, 7) is 7.75. The van der Waals surface area contributed by atoms with E-state index in [4.69, 9.17) is 4.74 Å². The van der Waals surface area contributed by atoms with Gasteiger partial charge in [0.15, 0.2) is 11.6 Å². The van der Waals surface area contributed by atoms with E-state index in [0.29, 0.717) is 23.3 Å². The van der Waals surface area contributed by atoms with Crippen molar-refractivity contribution in [3.8, 4) is 17.2 Å². The molecule has 2 N–H and O–H groups in total. The number of ether oxygens (including phenoxy) is 1. The lowest BCUT2D eigenvalue weighted by Crippen LogP contribution is -2.27. The molecule has 0 unspecified atom stereocenters. The topological polar surface area (TPSA) is 83.8 Å². The van der Waals surface area contributed by atoms with E-state index in [0.717, 1.165) is 17.2 Å². The number of ketones is 2. The predicted molar refractivity (Wildman–Crippen MR) is 116 cm³/mol. The number of carbonyl (C=O) groups is 2. The van der Waals surface area contributed by atoms with Gasteiger partial charge in [-0.05, 0) is 70.0 Å². The summed E-state index contributed by atoms with van der Waals surface area (Å²) in [5.74, 6) is -0.584. The summed E-state index contributed by atoms with van der Waals surface area (Å²) in [6.07, 6.45) is 5.77. The normalized spacial score (nSPS) is 13.9. The standard InChI is InChI=1S/C25H26O5/c1-15(2)5-6-17-12-19(23(29)14-21(17)27)22(28)13-20(26)16-7-8-24-18(11-16)9-10-25(3,4)30-24/h5,7-12,14,27,29H,6,13H2,1-4H3. The van der Waals surface area contributed by atoms with Crippen LogP contribution >= 0.6 is 0 Å². The van der Waals surface area contributed by atoms with Crippen molar-refractivity contribution in [3.63, 3.8) is 0 Å². The van der Waals surface area contributed by atoms with Gasteiger partial charge in [0.25, 0.3) is 0 Å². The molecule has 0 saturated heterocycles. The van der Waals surface area contributed by atoms with Crippen molar-refractivity contribution in [1.82, 2.24) is 0 Å². The van der Waals surface area contributed by atoms with E-state index in [-0.39, 0.29) is 29.3 Å². The molecule has 2 aromatic carbocycles. The van der Waals surface area contributed by atoms with Crippen LogP contribution in [0.4, 0.5) is 0 Å². The van der Waals surface area contributed by atoms with Crippen LogP contribution in [0.15, 0.2) is 48.1 Å². The first kappa shape index (κ1) is 21.4. The van der Waals surface area contributed by atoms with Gasteiger partial charge in [-0.1, -0.05) is 17.7 Å². The van der Waals surface area contributed by atoms with E-state index in [2.05, 4.69) is 0 Å². The molecule has 0 amide bonds. The minimum atomic E-state index is -0.499. The SMILES string of the molecule is CC(C)=CCc1cc(C(=O)CC(=O)c2ccc3c(c2)C=CC(C)(C)O3)c(O)cc1O. The Bertz CT molecular complexity index is 1070. The molecule has 1 heterocycles. The first-order chi connectivity index (χ1) is 14.1. The maximum Gasteiger partial charge on any atom is 0.174 e. The highest BCUT2D eigenvalue weighted by Crippen LogP contribution is 2.32. The van der Waals surface area contributed by atoms with Crippen LogP contribution in [0.2, 0.25) is 0 Å². The molecule has 3 rings (SSSR count). The summed E-state index contributed by atoms with van der Waals surface area (Å²) >= 11 is 0. The van der Waals surface area contributed by atoms with Gasteiger partial charge < -0.3 is 14.9 Å². The Morgan fingerprint density at radius 3 is 2.47 bits per heavy atom. The Hall–Kier alpha value is -3.34. The number of fused-ring (bicyclic) bond motifs is 1. The number of phenols is 2. The minimum absolute atomic E-state index is 0.0289. The second kappa shape index (κ2) is 8.19. The molecule has 30 heavy (non-hydrogen) atoms. The highest BCUT2D eigenvalue weighted by molar-refractivity contribution is 6.14. The van der Waals surface area contributed by atoms with Crippen molar-refractivity contribution in [2.24, 2.45) is 0 Å². The van der Waals surface area contributed by atoms with Gasteiger partial charge in [0, 0.05) is 17.2 Å². The number of rotatable bonds is 6. The van der Waals surface area contributed by atoms with Crippen LogP contribution in [-0.4, -0.2) is 27.4 Å². The Morgan fingerprint density at radius 2 is 1.77 bits per heavy atom. The molecule has 0 bridgehead atoms. The van der Waals surface area contributed by atoms with E-state index in [1.165, 1.54) is 6.07 Å². The first-order valence-corrected chi connectivity index (χ1v) is 9.82. The zero-order valence-corrected chi connectivity index (χ0v) is 17.7. The van der Waals surface area contributed by atoms with Crippen LogP contribution in [0.3, 0.4) is 0 Å². The molecular formula is C25H26O5. The van der Waals surface area contributed by atoms with Crippen LogP contribution in [0.5, 0.6) is 17.2 Å². The van der Waals surface area contributed by atoms with Crippen LogP contribution in [0, 0.1) is 0 Å². The van der Waals surface area contributed by atoms with Gasteiger partial charge in [-0.2, -0.15) is 0 Å². The number of aromatic hydroxyl groups is 2. The summed E-state index contributed by atoms with van der Waals surface area (Å²) in [5.41, 5.74) is 2.39. The van der Waals surface area contributed by atoms with Crippen molar-refractivity contribution >= 4 is 17.6 Å². The summed E-state index contributed by atoms with van der Waals surface area (Å²) < 4.78 is 5.86. The molecular weight excluding hydrogens is 380 g/mol. The summed E-state index contributed by atoms with van der Waals surface area (Å²) in [4.78, 5) is 25.4. The maximum absolute atomic E-state index is 12.7. The smallest absolute Gasteiger partial charge is 0.174 e. The molecule has 0 fully saturated rings.